The largest absolute Gasteiger partial charge is 0.506 e. The fourth-order valence-corrected chi connectivity index (χ4v) is 6.56. The van der Waals surface area contributed by atoms with Gasteiger partial charge in [0.15, 0.2) is 11.5 Å². The summed E-state index contributed by atoms with van der Waals surface area (Å²) in [6.07, 6.45) is -0.774. The van der Waals surface area contributed by atoms with Gasteiger partial charge in [0, 0.05) is 11.5 Å². The highest BCUT2D eigenvalue weighted by molar-refractivity contribution is 14.1. The molecule has 34 heavy (non-hydrogen) atoms. The number of aliphatic hydroxyl groups excluding tert-OH is 2. The zero-order chi connectivity index (χ0) is 24.1. The zero-order valence-electron chi connectivity index (χ0n) is 17.7. The Hall–Kier alpha value is -2.34. The van der Waals surface area contributed by atoms with E-state index in [1.807, 2.05) is 93.7 Å². The smallest absolute Gasteiger partial charge is 0.162 e. The average Bonchev–Trinajstić information content (AvgIpc) is 2.82. The number of halogens is 2. The van der Waals surface area contributed by atoms with Crippen molar-refractivity contribution in [3.05, 3.63) is 95.4 Å². The monoisotopic (exact) mass is 678 g/mol. The van der Waals surface area contributed by atoms with Gasteiger partial charge in [-0.15, -0.1) is 0 Å². The number of fused-ring (bicyclic) bond motifs is 2. The van der Waals surface area contributed by atoms with Crippen molar-refractivity contribution in [2.45, 2.75) is 18.1 Å². The molecular formula is C27H20I2O5. The van der Waals surface area contributed by atoms with Gasteiger partial charge >= 0.3 is 0 Å². The second-order valence-electron chi connectivity index (χ2n) is 8.29. The Kier molecular flexibility index (Phi) is 6.21. The number of aliphatic hydroxyl groups is 2. The molecule has 4 aromatic carbocycles. The molecule has 3 atom stereocenters. The number of hydrogen-bond acceptors (Lipinski definition) is 5. The summed E-state index contributed by atoms with van der Waals surface area (Å²) >= 11 is 4.10. The Balaban J connectivity index is 1.98. The van der Waals surface area contributed by atoms with Crippen molar-refractivity contribution >= 4 is 67.6 Å². The van der Waals surface area contributed by atoms with E-state index in [1.54, 1.807) is 18.2 Å². The predicted octanol–water partition coefficient (Wildman–Crippen LogP) is 3.66. The predicted molar refractivity (Wildman–Crippen MR) is 148 cm³/mol. The van der Waals surface area contributed by atoms with Gasteiger partial charge < -0.3 is 25.5 Å². The van der Waals surface area contributed by atoms with Crippen LogP contribution in [-0.2, 0) is 0 Å². The van der Waals surface area contributed by atoms with Crippen molar-refractivity contribution in [3.63, 3.8) is 0 Å². The lowest BCUT2D eigenvalue weighted by Crippen LogP contribution is -2.43. The van der Waals surface area contributed by atoms with Crippen LogP contribution in [0.1, 0.15) is 17.0 Å². The van der Waals surface area contributed by atoms with Gasteiger partial charge in [-0.3, -0.25) is 0 Å². The Morgan fingerprint density at radius 2 is 1.41 bits per heavy atom. The Labute approximate surface area is 222 Å². The highest BCUT2D eigenvalue weighted by Crippen LogP contribution is 2.48. The van der Waals surface area contributed by atoms with Gasteiger partial charge in [-0.1, -0.05) is 48.5 Å². The third-order valence-corrected chi connectivity index (χ3v) is 7.92. The van der Waals surface area contributed by atoms with E-state index < -0.39 is 18.1 Å². The molecule has 0 aromatic heterocycles. The topological polar surface area (TPSA) is 101 Å². The minimum Gasteiger partial charge on any atom is -0.506 e. The van der Waals surface area contributed by atoms with Crippen LogP contribution in [0.4, 0.5) is 0 Å². The van der Waals surface area contributed by atoms with Crippen molar-refractivity contribution < 1.29 is 25.5 Å². The normalized spacial score (nSPS) is 18.4. The average molecular weight is 678 g/mol. The van der Waals surface area contributed by atoms with E-state index in [4.69, 9.17) is 0 Å². The van der Waals surface area contributed by atoms with Crippen LogP contribution in [0.5, 0.6) is 17.2 Å². The van der Waals surface area contributed by atoms with Crippen LogP contribution < -0.4 is 10.4 Å². The van der Waals surface area contributed by atoms with Crippen LogP contribution >= 0.6 is 45.2 Å². The van der Waals surface area contributed by atoms with E-state index in [9.17, 15) is 25.5 Å². The van der Waals surface area contributed by atoms with Crippen LogP contribution in [0.2, 0.25) is 0 Å². The molecule has 7 heteroatoms. The van der Waals surface area contributed by atoms with Gasteiger partial charge in [-0.2, -0.15) is 0 Å². The summed E-state index contributed by atoms with van der Waals surface area (Å²) in [5.41, 5.74) is 1.63. The van der Waals surface area contributed by atoms with Gasteiger partial charge in [-0.05, 0) is 102 Å². The number of benzene rings is 4. The first-order valence-corrected chi connectivity index (χ1v) is 12.7. The van der Waals surface area contributed by atoms with E-state index in [-0.39, 0.29) is 17.2 Å². The molecule has 5 N–H and O–H groups in total. The molecule has 0 aliphatic heterocycles. The zero-order valence-corrected chi connectivity index (χ0v) is 22.0. The maximum absolute atomic E-state index is 11.3. The van der Waals surface area contributed by atoms with E-state index >= 15 is 0 Å². The summed E-state index contributed by atoms with van der Waals surface area (Å²) in [6, 6.07) is 20.0. The maximum atomic E-state index is 11.3. The number of phenolic OH excluding ortho intramolecular Hbond substituents is 3. The summed E-state index contributed by atoms with van der Waals surface area (Å²) in [5.74, 6) is -1.13. The first-order chi connectivity index (χ1) is 16.3. The summed E-state index contributed by atoms with van der Waals surface area (Å²) in [4.78, 5) is 0. The maximum Gasteiger partial charge on any atom is 0.162 e. The molecular weight excluding hydrogens is 658 g/mol. The summed E-state index contributed by atoms with van der Waals surface area (Å²) in [7, 11) is 0. The molecule has 0 amide bonds. The summed E-state index contributed by atoms with van der Waals surface area (Å²) in [5, 5.41) is 57.2. The number of hydrogen-bond donors (Lipinski definition) is 5. The molecule has 0 spiro atoms. The second kappa shape index (κ2) is 9.03. The fourth-order valence-electron chi connectivity index (χ4n) is 4.74. The third kappa shape index (κ3) is 3.84. The Morgan fingerprint density at radius 1 is 0.765 bits per heavy atom. The van der Waals surface area contributed by atoms with Crippen LogP contribution in [-0.4, -0.2) is 37.7 Å². The second-order valence-corrected chi connectivity index (χ2v) is 10.6. The van der Waals surface area contributed by atoms with Gasteiger partial charge in [0.1, 0.15) is 18.0 Å². The quantitative estimate of drug-likeness (QED) is 0.168. The molecule has 1 aliphatic rings. The molecule has 0 saturated carbocycles. The van der Waals surface area contributed by atoms with Crippen molar-refractivity contribution in [2.24, 2.45) is 0 Å². The molecule has 3 unspecified atom stereocenters. The lowest BCUT2D eigenvalue weighted by atomic mass is 9.76. The molecule has 0 fully saturated rings. The molecule has 5 rings (SSSR count). The van der Waals surface area contributed by atoms with E-state index in [2.05, 4.69) is 0 Å². The Bertz CT molecular complexity index is 1540. The van der Waals surface area contributed by atoms with Crippen molar-refractivity contribution in [1.82, 2.24) is 0 Å². The van der Waals surface area contributed by atoms with Gasteiger partial charge in [0.25, 0.3) is 0 Å². The molecule has 1 aliphatic carbocycles. The first kappa shape index (κ1) is 23.4. The highest BCUT2D eigenvalue weighted by atomic mass is 127. The van der Waals surface area contributed by atoms with Crippen molar-refractivity contribution in [2.75, 3.05) is 0 Å². The minimum absolute atomic E-state index is 0.150. The fraction of sp³-hybridized carbons (Fsp3) is 0.111. The third-order valence-electron chi connectivity index (χ3n) is 6.28. The molecule has 4 aromatic rings. The first-order valence-electron chi connectivity index (χ1n) is 10.6. The van der Waals surface area contributed by atoms with E-state index in [1.165, 1.54) is 6.07 Å². The SMILES string of the molecule is Oc1cc2ccccc2c(C(C2=c3ccccc3=CC(O)C2O)c2cc(I)c(O)c(I)c2)c1O. The van der Waals surface area contributed by atoms with Gasteiger partial charge in [-0.25, -0.2) is 0 Å². The van der Waals surface area contributed by atoms with Crippen LogP contribution in [0, 0.1) is 7.14 Å². The molecule has 0 saturated heterocycles. The van der Waals surface area contributed by atoms with Crippen molar-refractivity contribution in [1.29, 1.82) is 0 Å². The lowest BCUT2D eigenvalue weighted by Gasteiger charge is -2.31. The lowest BCUT2D eigenvalue weighted by molar-refractivity contribution is 0.0924. The van der Waals surface area contributed by atoms with Crippen LogP contribution in [0.15, 0.2) is 66.7 Å². The molecule has 172 valence electrons. The van der Waals surface area contributed by atoms with Gasteiger partial charge in [0.2, 0.25) is 0 Å². The summed E-state index contributed by atoms with van der Waals surface area (Å²) in [6.45, 7) is 0. The Morgan fingerprint density at radius 3 is 2.15 bits per heavy atom. The molecule has 0 heterocycles. The van der Waals surface area contributed by atoms with E-state index in [0.717, 1.165) is 15.8 Å². The number of phenols is 3. The number of rotatable bonds is 3. The molecule has 5 nitrogen and oxygen atoms in total. The van der Waals surface area contributed by atoms with Crippen LogP contribution in [0.3, 0.4) is 0 Å². The standard InChI is InChI=1S/C27H20I2O5/c28-18-9-15(10-19(29)25(18)32)22(23-16-7-3-1-5-13(16)11-20(30)26(23)33)24-17-8-4-2-6-14(17)12-21(31)27(24)34/h1-12,20,22,26,30-34H. The molecule has 0 bridgehead atoms. The molecule has 0 radical (unpaired) electrons. The minimum atomic E-state index is -1.25. The number of aromatic hydroxyl groups is 3. The van der Waals surface area contributed by atoms with E-state index in [0.29, 0.717) is 29.2 Å². The highest BCUT2D eigenvalue weighted by Gasteiger charge is 2.35. The van der Waals surface area contributed by atoms with Crippen molar-refractivity contribution in [3.8, 4) is 17.2 Å². The summed E-state index contributed by atoms with van der Waals surface area (Å²) < 4.78 is 1.22. The van der Waals surface area contributed by atoms with Gasteiger partial charge in [0.05, 0.1) is 7.14 Å². The van der Waals surface area contributed by atoms with Crippen LogP contribution in [0.25, 0.3) is 22.4 Å².